The Hall–Kier alpha value is -7.96. The molecular weight excluding hydrogens is 1000 g/mol. The van der Waals surface area contributed by atoms with E-state index in [-0.39, 0.29) is 58.8 Å². The average molecular weight is 1090 g/mol. The molecule has 18 rings (SSSR count). The highest BCUT2D eigenvalue weighted by molar-refractivity contribution is 6.08. The largest absolute Gasteiger partial charge is 0.507 e. The Morgan fingerprint density at radius 3 is 0.561 bits per heavy atom. The van der Waals surface area contributed by atoms with Crippen LogP contribution in [0.3, 0.4) is 0 Å². The number of para-hydroxylation sites is 2. The molecule has 0 aliphatic carbocycles. The van der Waals surface area contributed by atoms with Crippen LogP contribution in [0.25, 0.3) is 86.7 Å². The molecule has 12 bridgehead atoms. The molecule has 8 aromatic carbocycles. The third-order valence-electron chi connectivity index (χ3n) is 16.3. The van der Waals surface area contributed by atoms with Crippen molar-refractivity contribution in [1.82, 2.24) is 19.9 Å². The molecule has 0 saturated heterocycles. The van der Waals surface area contributed by atoms with Gasteiger partial charge in [-0.15, -0.1) is 0 Å². The number of hydrogen-bond acceptors (Lipinski definition) is 6. The third kappa shape index (κ3) is 12.0. The van der Waals surface area contributed by atoms with Gasteiger partial charge in [-0.3, -0.25) is 19.9 Å². The highest BCUT2D eigenvalue weighted by Gasteiger charge is 2.19. The first-order chi connectivity index (χ1) is 39.1. The molecule has 18 aromatic rings. The van der Waals surface area contributed by atoms with Gasteiger partial charge in [-0.1, -0.05) is 171 Å². The molecule has 0 unspecified atom stereocenters. The Morgan fingerprint density at radius 2 is 0.402 bits per heavy atom. The number of nitrogens with zero attached hydrogens (tertiary/aromatic N) is 4. The molecule has 10 aromatic heterocycles. The lowest BCUT2D eigenvalue weighted by molar-refractivity contribution is 0.486. The summed E-state index contributed by atoms with van der Waals surface area (Å²) >= 11 is 0. The van der Waals surface area contributed by atoms with Gasteiger partial charge in [0.15, 0.2) is 0 Å². The van der Waals surface area contributed by atoms with Crippen LogP contribution in [0.15, 0.2) is 158 Å². The molecule has 0 amide bonds. The summed E-state index contributed by atoms with van der Waals surface area (Å²) in [5.74, 6) is 1.56. The number of phenolic OH excluding ortho intramolecular Hbond substituents is 2. The molecular formula is C76H84N4O2. The third-order valence-corrected chi connectivity index (χ3v) is 16.3. The lowest BCUT2D eigenvalue weighted by Gasteiger charge is -2.16. The minimum atomic E-state index is 0.140. The quantitative estimate of drug-likeness (QED) is 0.158. The van der Waals surface area contributed by atoms with E-state index < -0.39 is 0 Å². The standard InChI is InChI=1S/C76H84N4O2/c1-43(2)63-31-55-32-64(44(3)4)71(63)77-39-51-23-21-24-52(75(51)81)40-78-73-67(47(9)10)35-57(36-68(73)48(11)12)61-29-19-20-30-62(61)58-37-69(49(13)14)74(70(38-58)50(15)16)80-42-54-26-22-25-53(76(54)82)41-79-72-65(45(5)6)33-56(34-66(72)46(7)8)60-28-18-17-27-59(55)60/h17-50,81-82H,1-16H3. The lowest BCUT2D eigenvalue weighted by atomic mass is 9.89. The fourth-order valence-corrected chi connectivity index (χ4v) is 11.5. The van der Waals surface area contributed by atoms with Crippen molar-refractivity contribution in [2.24, 2.45) is 0 Å². The van der Waals surface area contributed by atoms with Crippen LogP contribution in [0.5, 0.6) is 11.5 Å². The van der Waals surface area contributed by atoms with Gasteiger partial charge >= 0.3 is 0 Å². The first-order valence-electron chi connectivity index (χ1n) is 29.8. The minimum absolute atomic E-state index is 0.140. The van der Waals surface area contributed by atoms with E-state index in [1.165, 1.54) is 0 Å². The highest BCUT2D eigenvalue weighted by Crippen LogP contribution is 2.39. The van der Waals surface area contributed by atoms with E-state index >= 15 is 0 Å². The number of phenols is 2. The van der Waals surface area contributed by atoms with Crippen LogP contribution < -0.4 is 0 Å². The van der Waals surface area contributed by atoms with Gasteiger partial charge in [-0.25, -0.2) is 0 Å². The minimum Gasteiger partial charge on any atom is -0.507 e. The molecule has 0 saturated carbocycles. The maximum atomic E-state index is 12.1. The summed E-state index contributed by atoms with van der Waals surface area (Å²) in [4.78, 5) is 21.1. The summed E-state index contributed by atoms with van der Waals surface area (Å²) in [5.41, 5.74) is 12.9. The van der Waals surface area contributed by atoms with E-state index in [0.717, 1.165) is 110 Å². The smallest absolute Gasteiger partial charge is 0.133 e. The van der Waals surface area contributed by atoms with Gasteiger partial charge in [0.1, 0.15) is 11.5 Å². The van der Waals surface area contributed by atoms with Crippen molar-refractivity contribution in [3.05, 3.63) is 203 Å². The van der Waals surface area contributed by atoms with Gasteiger partial charge in [-0.05, 0) is 208 Å². The molecule has 0 radical (unpaired) electrons. The topological polar surface area (TPSA) is 92.0 Å². The van der Waals surface area contributed by atoms with Crippen molar-refractivity contribution in [2.75, 3.05) is 0 Å². The van der Waals surface area contributed by atoms with Gasteiger partial charge in [0.25, 0.3) is 0 Å². The van der Waals surface area contributed by atoms with Gasteiger partial charge in [0.2, 0.25) is 0 Å². The summed E-state index contributed by atoms with van der Waals surface area (Å²) < 4.78 is 0. The number of aromatic nitrogens is 4. The van der Waals surface area contributed by atoms with Crippen molar-refractivity contribution in [3.8, 4) is 11.5 Å². The van der Waals surface area contributed by atoms with Crippen molar-refractivity contribution in [2.45, 2.75) is 158 Å². The summed E-state index contributed by atoms with van der Waals surface area (Å²) in [5, 5.41) is 35.8. The second-order valence-corrected chi connectivity index (χ2v) is 24.9. The normalized spacial score (nSPS) is 11.9. The monoisotopic (exact) mass is 1080 g/mol. The van der Waals surface area contributed by atoms with Gasteiger partial charge in [-0.2, -0.15) is 0 Å². The van der Waals surface area contributed by atoms with Gasteiger partial charge in [0.05, 0.1) is 22.1 Å². The number of hydrogen-bond donors (Lipinski definition) is 2. The van der Waals surface area contributed by atoms with Crippen molar-refractivity contribution in [3.63, 3.8) is 0 Å². The molecule has 0 spiro atoms. The fraction of sp³-hybridized carbons (Fsp3) is 0.316. The Labute approximate surface area is 486 Å². The van der Waals surface area contributed by atoms with Crippen LogP contribution in [-0.2, 0) is 0 Å². The van der Waals surface area contributed by atoms with Crippen LogP contribution in [0, 0.1) is 0 Å². The highest BCUT2D eigenvalue weighted by atomic mass is 16.3. The molecule has 10 heterocycles. The Balaban J connectivity index is 1.47. The zero-order valence-corrected chi connectivity index (χ0v) is 51.3. The Morgan fingerprint density at radius 1 is 0.232 bits per heavy atom. The van der Waals surface area contributed by atoms with Crippen LogP contribution in [0.4, 0.5) is 0 Å². The van der Waals surface area contributed by atoms with Crippen LogP contribution in [0.2, 0.25) is 0 Å². The van der Waals surface area contributed by atoms with E-state index in [0.29, 0.717) is 21.5 Å². The van der Waals surface area contributed by atoms with E-state index in [1.54, 1.807) is 0 Å². The maximum absolute atomic E-state index is 12.1. The predicted octanol–water partition coefficient (Wildman–Crippen LogP) is 22.0. The van der Waals surface area contributed by atoms with E-state index in [2.05, 4.69) is 208 Å². The summed E-state index contributed by atoms with van der Waals surface area (Å²) in [6, 6.07) is 47.7. The molecule has 82 heavy (non-hydrogen) atoms. The maximum Gasteiger partial charge on any atom is 0.133 e. The molecule has 6 heteroatoms. The zero-order chi connectivity index (χ0) is 58.8. The Bertz CT molecular complexity index is 3610. The second-order valence-electron chi connectivity index (χ2n) is 24.9. The second kappa shape index (κ2) is 24.6. The molecule has 0 fully saturated rings. The average Bonchev–Trinajstić information content (AvgIpc) is 3.55. The van der Waals surface area contributed by atoms with Crippen molar-refractivity contribution >= 4 is 86.7 Å². The van der Waals surface area contributed by atoms with E-state index in [9.17, 15) is 10.2 Å². The number of benzene rings is 8. The van der Waals surface area contributed by atoms with Gasteiger partial charge in [0, 0.05) is 46.3 Å². The first-order valence-corrected chi connectivity index (χ1v) is 29.8. The van der Waals surface area contributed by atoms with Crippen LogP contribution in [-0.4, -0.2) is 30.1 Å². The molecule has 6 nitrogen and oxygen atoms in total. The summed E-state index contributed by atoms with van der Waals surface area (Å²) in [7, 11) is 0. The molecule has 420 valence electrons. The molecule has 0 aliphatic rings. The molecule has 2 N–H and O–H groups in total. The summed E-state index contributed by atoms with van der Waals surface area (Å²) in [6.45, 7) is 35.7. The fourth-order valence-electron chi connectivity index (χ4n) is 11.5. The van der Waals surface area contributed by atoms with Crippen molar-refractivity contribution < 1.29 is 10.2 Å². The predicted molar refractivity (Wildman–Crippen MR) is 353 cm³/mol. The summed E-state index contributed by atoms with van der Waals surface area (Å²) in [6.07, 6.45) is 7.29. The number of aromatic hydroxyl groups is 2. The lowest BCUT2D eigenvalue weighted by Crippen LogP contribution is -1.98. The Kier molecular flexibility index (Phi) is 17.6. The molecule has 0 atom stereocenters. The van der Waals surface area contributed by atoms with Crippen LogP contribution >= 0.6 is 0 Å². The van der Waals surface area contributed by atoms with Crippen molar-refractivity contribution in [1.29, 1.82) is 0 Å². The van der Waals surface area contributed by atoms with E-state index in [4.69, 9.17) is 19.9 Å². The first kappa shape index (κ1) is 58.7. The van der Waals surface area contributed by atoms with E-state index in [1.807, 2.05) is 61.2 Å². The zero-order valence-electron chi connectivity index (χ0n) is 51.3. The van der Waals surface area contributed by atoms with Crippen LogP contribution in [0.1, 0.15) is 203 Å². The van der Waals surface area contributed by atoms with Gasteiger partial charge < -0.3 is 10.2 Å². The number of rotatable bonds is 8. The SMILES string of the molecule is CC(C)c1cc2cc(C(C)C)c1ncc1cccc(cnc3c(C(C)C)cc(cc3C(C)C)c3ccccc3c3cc(C(C)C)c(ncc4cccc(cnc5c(C(C)C)cc(cc5C(C)C)c5ccccc25)c4O)c(C(C)C)c3)c1O. The molecule has 0 aliphatic heterocycles.